The zero-order valence-corrected chi connectivity index (χ0v) is 11.0. The van der Waals surface area contributed by atoms with Gasteiger partial charge in [0.15, 0.2) is 6.19 Å². The third-order valence-corrected chi connectivity index (χ3v) is 3.04. The van der Waals surface area contributed by atoms with Gasteiger partial charge in [-0.25, -0.2) is 9.97 Å². The van der Waals surface area contributed by atoms with E-state index in [9.17, 15) is 0 Å². The van der Waals surface area contributed by atoms with E-state index in [2.05, 4.69) is 36.5 Å². The lowest BCUT2D eigenvalue weighted by atomic mass is 10.2. The highest BCUT2D eigenvalue weighted by molar-refractivity contribution is 9.10. The highest BCUT2D eigenvalue weighted by atomic mass is 79.9. The minimum Gasteiger partial charge on any atom is -0.366 e. The minimum atomic E-state index is 0.474. The van der Waals surface area contributed by atoms with Crippen molar-refractivity contribution in [2.45, 2.75) is 6.54 Å². The Bertz CT molecular complexity index is 579. The zero-order chi connectivity index (χ0) is 12.8. The van der Waals surface area contributed by atoms with Gasteiger partial charge in [-0.2, -0.15) is 5.26 Å². The Labute approximate surface area is 113 Å². The predicted molar refractivity (Wildman–Crippen MR) is 72.7 cm³/mol. The van der Waals surface area contributed by atoms with Crippen molar-refractivity contribution in [1.82, 2.24) is 9.97 Å². The molecular weight excluding hydrogens is 294 g/mol. The topological polar surface area (TPSA) is 73.6 Å². The molecule has 1 heterocycles. The molecule has 0 saturated heterocycles. The molecule has 0 aliphatic rings. The van der Waals surface area contributed by atoms with Crippen LogP contribution in [0.15, 0.2) is 41.1 Å². The van der Waals surface area contributed by atoms with Crippen LogP contribution in [0.4, 0.5) is 11.6 Å². The fraction of sp³-hybridized carbons (Fsp3) is 0.0833. The van der Waals surface area contributed by atoms with Crippen LogP contribution in [-0.2, 0) is 6.54 Å². The molecule has 18 heavy (non-hydrogen) atoms. The number of nitrogens with one attached hydrogen (secondary N) is 2. The molecule has 0 spiro atoms. The molecule has 0 fully saturated rings. The molecule has 2 rings (SSSR count). The first-order chi connectivity index (χ1) is 8.79. The molecular formula is C12H10BrN5. The van der Waals surface area contributed by atoms with Gasteiger partial charge in [0.25, 0.3) is 0 Å². The molecule has 1 aromatic heterocycles. The lowest BCUT2D eigenvalue weighted by molar-refractivity contribution is 1.08. The molecule has 90 valence electrons. The van der Waals surface area contributed by atoms with Crippen LogP contribution >= 0.6 is 15.9 Å². The number of aromatic nitrogens is 2. The van der Waals surface area contributed by atoms with Crippen LogP contribution in [0.25, 0.3) is 0 Å². The summed E-state index contributed by atoms with van der Waals surface area (Å²) in [5.41, 5.74) is 1.13. The van der Waals surface area contributed by atoms with E-state index in [-0.39, 0.29) is 0 Å². The Kier molecular flexibility index (Phi) is 4.10. The highest BCUT2D eigenvalue weighted by Crippen LogP contribution is 2.17. The molecule has 2 aromatic rings. The van der Waals surface area contributed by atoms with Gasteiger partial charge in [0.05, 0.1) is 0 Å². The van der Waals surface area contributed by atoms with Crippen molar-refractivity contribution in [2.24, 2.45) is 0 Å². The molecule has 1 aromatic carbocycles. The number of benzene rings is 1. The van der Waals surface area contributed by atoms with Crippen molar-refractivity contribution in [1.29, 1.82) is 5.26 Å². The summed E-state index contributed by atoms with van der Waals surface area (Å²) in [6.45, 7) is 0.643. The SMILES string of the molecule is N#CNc1cc(NCc2ccccc2Br)ncn1. The highest BCUT2D eigenvalue weighted by Gasteiger charge is 2.00. The Morgan fingerprint density at radius 1 is 1.22 bits per heavy atom. The molecule has 0 unspecified atom stereocenters. The average Bonchev–Trinajstić information content (AvgIpc) is 2.39. The van der Waals surface area contributed by atoms with Crippen LogP contribution in [0, 0.1) is 11.5 Å². The first-order valence-electron chi connectivity index (χ1n) is 5.24. The summed E-state index contributed by atoms with van der Waals surface area (Å²) in [6.07, 6.45) is 3.22. The van der Waals surface area contributed by atoms with Gasteiger partial charge in [-0.15, -0.1) is 0 Å². The number of halogens is 1. The Balaban J connectivity index is 2.04. The Morgan fingerprint density at radius 3 is 2.78 bits per heavy atom. The van der Waals surface area contributed by atoms with Crippen LogP contribution in [-0.4, -0.2) is 9.97 Å². The van der Waals surface area contributed by atoms with Crippen LogP contribution in [0.3, 0.4) is 0 Å². The van der Waals surface area contributed by atoms with Gasteiger partial charge in [0.2, 0.25) is 0 Å². The first-order valence-corrected chi connectivity index (χ1v) is 6.03. The van der Waals surface area contributed by atoms with E-state index >= 15 is 0 Å². The third kappa shape index (κ3) is 3.18. The van der Waals surface area contributed by atoms with Gasteiger partial charge in [-0.3, -0.25) is 5.32 Å². The normalized spacial score (nSPS) is 9.56. The molecule has 0 aliphatic heterocycles. The number of nitrogens with zero attached hydrogens (tertiary/aromatic N) is 3. The largest absolute Gasteiger partial charge is 0.366 e. The second-order valence-electron chi connectivity index (χ2n) is 3.47. The molecule has 0 radical (unpaired) electrons. The third-order valence-electron chi connectivity index (χ3n) is 2.27. The van der Waals surface area contributed by atoms with Crippen LogP contribution < -0.4 is 10.6 Å². The number of anilines is 2. The van der Waals surface area contributed by atoms with Gasteiger partial charge < -0.3 is 5.32 Å². The summed E-state index contributed by atoms with van der Waals surface area (Å²) < 4.78 is 1.04. The molecule has 0 saturated carbocycles. The Morgan fingerprint density at radius 2 is 2.00 bits per heavy atom. The summed E-state index contributed by atoms with van der Waals surface area (Å²) >= 11 is 3.48. The maximum atomic E-state index is 8.51. The average molecular weight is 304 g/mol. The molecule has 2 N–H and O–H groups in total. The van der Waals surface area contributed by atoms with Crippen LogP contribution in [0.1, 0.15) is 5.56 Å². The fourth-order valence-electron chi connectivity index (χ4n) is 1.41. The van der Waals surface area contributed by atoms with Crippen molar-refractivity contribution < 1.29 is 0 Å². The van der Waals surface area contributed by atoms with Crippen molar-refractivity contribution in [3.05, 3.63) is 46.7 Å². The molecule has 6 heteroatoms. The van der Waals surface area contributed by atoms with Gasteiger partial charge in [-0.1, -0.05) is 34.1 Å². The summed E-state index contributed by atoms with van der Waals surface area (Å²) in [7, 11) is 0. The van der Waals surface area contributed by atoms with E-state index in [1.807, 2.05) is 30.5 Å². The fourth-order valence-corrected chi connectivity index (χ4v) is 1.83. The van der Waals surface area contributed by atoms with Crippen molar-refractivity contribution in [3.8, 4) is 6.19 Å². The Hall–Kier alpha value is -2.13. The van der Waals surface area contributed by atoms with Crippen LogP contribution in [0.5, 0.6) is 0 Å². The maximum absolute atomic E-state index is 8.51. The van der Waals surface area contributed by atoms with Crippen molar-refractivity contribution in [3.63, 3.8) is 0 Å². The second-order valence-corrected chi connectivity index (χ2v) is 4.32. The maximum Gasteiger partial charge on any atom is 0.182 e. The molecule has 0 bridgehead atoms. The number of hydrogen-bond acceptors (Lipinski definition) is 5. The second kappa shape index (κ2) is 5.98. The number of nitriles is 1. The zero-order valence-electron chi connectivity index (χ0n) is 9.39. The molecule has 5 nitrogen and oxygen atoms in total. The van der Waals surface area contributed by atoms with E-state index in [0.717, 1.165) is 10.0 Å². The summed E-state index contributed by atoms with van der Waals surface area (Å²) in [5.74, 6) is 1.14. The molecule has 0 atom stereocenters. The molecule has 0 amide bonds. The molecule has 0 aliphatic carbocycles. The van der Waals surface area contributed by atoms with Crippen molar-refractivity contribution in [2.75, 3.05) is 10.6 Å². The van der Waals surface area contributed by atoms with E-state index < -0.39 is 0 Å². The summed E-state index contributed by atoms with van der Waals surface area (Å²) in [5, 5.41) is 14.1. The van der Waals surface area contributed by atoms with Crippen LogP contribution in [0.2, 0.25) is 0 Å². The summed E-state index contributed by atoms with van der Waals surface area (Å²) in [4.78, 5) is 7.99. The standard InChI is InChI=1S/C12H10BrN5/c13-10-4-2-1-3-9(10)6-15-11-5-12(16-7-14)18-8-17-11/h1-5,8H,6H2,(H2,15,16,17,18). The lowest BCUT2D eigenvalue weighted by Gasteiger charge is -2.07. The van der Waals surface area contributed by atoms with E-state index in [4.69, 9.17) is 5.26 Å². The predicted octanol–water partition coefficient (Wildman–Crippen LogP) is 2.74. The summed E-state index contributed by atoms with van der Waals surface area (Å²) in [6, 6.07) is 9.63. The van der Waals surface area contributed by atoms with E-state index in [1.165, 1.54) is 6.33 Å². The quantitative estimate of drug-likeness (QED) is 0.671. The first kappa shape index (κ1) is 12.3. The van der Waals surface area contributed by atoms with Gasteiger partial charge in [0.1, 0.15) is 18.0 Å². The van der Waals surface area contributed by atoms with Gasteiger partial charge in [0, 0.05) is 17.1 Å². The van der Waals surface area contributed by atoms with Gasteiger partial charge in [-0.05, 0) is 11.6 Å². The van der Waals surface area contributed by atoms with Crippen molar-refractivity contribution >= 4 is 27.6 Å². The van der Waals surface area contributed by atoms with E-state index in [0.29, 0.717) is 18.2 Å². The monoisotopic (exact) mass is 303 g/mol. The minimum absolute atomic E-state index is 0.474. The van der Waals surface area contributed by atoms with Gasteiger partial charge >= 0.3 is 0 Å². The number of hydrogen-bond donors (Lipinski definition) is 2. The lowest BCUT2D eigenvalue weighted by Crippen LogP contribution is -2.03. The van der Waals surface area contributed by atoms with E-state index in [1.54, 1.807) is 6.07 Å². The smallest absolute Gasteiger partial charge is 0.182 e. The number of rotatable bonds is 4.